The molecule has 0 radical (unpaired) electrons. The smallest absolute Gasteiger partial charge is 0.211 e. The van der Waals surface area contributed by atoms with E-state index >= 15 is 0 Å². The lowest BCUT2D eigenvalue weighted by Crippen LogP contribution is -2.04. The van der Waals surface area contributed by atoms with Crippen molar-refractivity contribution in [3.63, 3.8) is 0 Å². The largest absolute Gasteiger partial charge is 0.508 e. The van der Waals surface area contributed by atoms with Gasteiger partial charge in [0.1, 0.15) is 5.75 Å². The second-order valence-electron chi connectivity index (χ2n) is 4.28. The molecular weight excluding hydrogens is 230 g/mol. The van der Waals surface area contributed by atoms with Gasteiger partial charge in [0, 0.05) is 28.7 Å². The number of fused-ring (bicyclic) bond motifs is 1. The van der Waals surface area contributed by atoms with Gasteiger partial charge in [-0.1, -0.05) is 0 Å². The average Bonchev–Trinajstić information content (AvgIpc) is 2.92. The van der Waals surface area contributed by atoms with E-state index in [1.807, 2.05) is 19.2 Å². The Balaban J connectivity index is 2.13. The number of rotatable bonds is 2. The topological polar surface area (TPSA) is 88.1 Å². The second-order valence-corrected chi connectivity index (χ2v) is 4.28. The molecular formula is C13H13N3O2. The molecule has 92 valence electrons. The van der Waals surface area contributed by atoms with Crippen molar-refractivity contribution in [2.75, 3.05) is 0 Å². The van der Waals surface area contributed by atoms with Crippen molar-refractivity contribution in [2.24, 2.45) is 5.73 Å². The molecule has 0 aliphatic heterocycles. The third-order valence-corrected chi connectivity index (χ3v) is 2.84. The SMILES string of the molecule is C[C@H](N)c1ncc(-c2c[nH]c3cc(O)ccc23)o1. The number of aromatic hydroxyl groups is 1. The first-order chi connectivity index (χ1) is 8.65. The van der Waals surface area contributed by atoms with Crippen LogP contribution in [0.4, 0.5) is 0 Å². The molecule has 5 heteroatoms. The minimum atomic E-state index is -0.229. The van der Waals surface area contributed by atoms with Gasteiger partial charge in [0.05, 0.1) is 12.2 Å². The Hall–Kier alpha value is -2.27. The Morgan fingerprint density at radius 3 is 3.00 bits per heavy atom. The van der Waals surface area contributed by atoms with Gasteiger partial charge < -0.3 is 20.2 Å². The van der Waals surface area contributed by atoms with Crippen LogP contribution in [0.1, 0.15) is 18.9 Å². The summed E-state index contributed by atoms with van der Waals surface area (Å²) in [4.78, 5) is 7.23. The van der Waals surface area contributed by atoms with E-state index in [0.717, 1.165) is 16.5 Å². The highest BCUT2D eigenvalue weighted by Crippen LogP contribution is 2.31. The predicted octanol–water partition coefficient (Wildman–Crippen LogP) is 2.55. The van der Waals surface area contributed by atoms with E-state index in [1.54, 1.807) is 18.3 Å². The van der Waals surface area contributed by atoms with Crippen molar-refractivity contribution >= 4 is 10.9 Å². The number of aromatic nitrogens is 2. The minimum Gasteiger partial charge on any atom is -0.508 e. The summed E-state index contributed by atoms with van der Waals surface area (Å²) < 4.78 is 5.61. The molecule has 0 saturated heterocycles. The standard InChI is InChI=1S/C13H13N3O2/c1-7(14)13-16-6-12(18-13)10-5-15-11-4-8(17)2-3-9(10)11/h2-7,15,17H,14H2,1H3/t7-/m0/s1. The zero-order valence-corrected chi connectivity index (χ0v) is 9.84. The molecule has 0 aliphatic carbocycles. The lowest BCUT2D eigenvalue weighted by molar-refractivity contribution is 0.474. The Bertz CT molecular complexity index is 697. The van der Waals surface area contributed by atoms with E-state index in [4.69, 9.17) is 10.2 Å². The summed E-state index contributed by atoms with van der Waals surface area (Å²) in [5.74, 6) is 1.40. The number of phenolic OH excluding ortho intramolecular Hbond substituents is 1. The van der Waals surface area contributed by atoms with E-state index in [2.05, 4.69) is 9.97 Å². The average molecular weight is 243 g/mol. The van der Waals surface area contributed by atoms with Crippen molar-refractivity contribution in [3.05, 3.63) is 36.5 Å². The van der Waals surface area contributed by atoms with Crippen LogP contribution in [0.5, 0.6) is 5.75 Å². The normalized spacial score (nSPS) is 13.0. The summed E-state index contributed by atoms with van der Waals surface area (Å²) in [7, 11) is 0. The summed E-state index contributed by atoms with van der Waals surface area (Å²) in [6.07, 6.45) is 3.49. The maximum absolute atomic E-state index is 9.41. The molecule has 2 heterocycles. The van der Waals surface area contributed by atoms with Crippen LogP contribution in [0.2, 0.25) is 0 Å². The van der Waals surface area contributed by atoms with Gasteiger partial charge in [-0.3, -0.25) is 0 Å². The minimum absolute atomic E-state index is 0.227. The van der Waals surface area contributed by atoms with Gasteiger partial charge in [-0.25, -0.2) is 4.98 Å². The number of nitrogens with one attached hydrogen (secondary N) is 1. The molecule has 0 fully saturated rings. The fraction of sp³-hybridized carbons (Fsp3) is 0.154. The molecule has 0 unspecified atom stereocenters. The highest BCUT2D eigenvalue weighted by atomic mass is 16.4. The van der Waals surface area contributed by atoms with E-state index in [-0.39, 0.29) is 11.8 Å². The molecule has 5 nitrogen and oxygen atoms in total. The van der Waals surface area contributed by atoms with Crippen LogP contribution in [-0.4, -0.2) is 15.1 Å². The highest BCUT2D eigenvalue weighted by molar-refractivity contribution is 5.94. The number of H-pyrrole nitrogens is 1. The number of hydrogen-bond donors (Lipinski definition) is 3. The molecule has 0 saturated carbocycles. The fourth-order valence-electron chi connectivity index (χ4n) is 1.94. The van der Waals surface area contributed by atoms with E-state index in [9.17, 15) is 5.11 Å². The van der Waals surface area contributed by atoms with Crippen LogP contribution in [0, 0.1) is 0 Å². The number of benzene rings is 1. The molecule has 0 bridgehead atoms. The third-order valence-electron chi connectivity index (χ3n) is 2.84. The quantitative estimate of drug-likeness (QED) is 0.645. The molecule has 2 aromatic heterocycles. The first-order valence-electron chi connectivity index (χ1n) is 5.67. The summed E-state index contributed by atoms with van der Waals surface area (Å²) in [6, 6.07) is 4.92. The van der Waals surface area contributed by atoms with Crippen molar-refractivity contribution in [1.82, 2.24) is 9.97 Å². The zero-order chi connectivity index (χ0) is 12.7. The maximum Gasteiger partial charge on any atom is 0.211 e. The van der Waals surface area contributed by atoms with Crippen molar-refractivity contribution in [3.8, 4) is 17.1 Å². The summed E-state index contributed by atoms with van der Waals surface area (Å²) in [6.45, 7) is 1.82. The van der Waals surface area contributed by atoms with Crippen LogP contribution >= 0.6 is 0 Å². The molecule has 1 aromatic carbocycles. The van der Waals surface area contributed by atoms with Crippen LogP contribution in [-0.2, 0) is 0 Å². The summed E-state index contributed by atoms with van der Waals surface area (Å²) in [5.41, 5.74) is 7.47. The molecule has 0 amide bonds. The van der Waals surface area contributed by atoms with Crippen molar-refractivity contribution < 1.29 is 9.52 Å². The molecule has 4 N–H and O–H groups in total. The Morgan fingerprint density at radius 2 is 2.28 bits per heavy atom. The second kappa shape index (κ2) is 3.89. The number of oxazole rings is 1. The van der Waals surface area contributed by atoms with Gasteiger partial charge in [-0.05, 0) is 19.1 Å². The Kier molecular flexibility index (Phi) is 2.34. The van der Waals surface area contributed by atoms with Gasteiger partial charge in [0.25, 0.3) is 0 Å². The Morgan fingerprint density at radius 1 is 1.44 bits per heavy atom. The first-order valence-corrected chi connectivity index (χ1v) is 5.67. The van der Waals surface area contributed by atoms with Gasteiger partial charge in [-0.15, -0.1) is 0 Å². The van der Waals surface area contributed by atoms with E-state index in [1.165, 1.54) is 0 Å². The summed E-state index contributed by atoms with van der Waals surface area (Å²) in [5, 5.41) is 10.4. The van der Waals surface area contributed by atoms with Gasteiger partial charge in [-0.2, -0.15) is 0 Å². The van der Waals surface area contributed by atoms with E-state index < -0.39 is 0 Å². The van der Waals surface area contributed by atoms with Crippen LogP contribution in [0.15, 0.2) is 35.0 Å². The molecule has 3 rings (SSSR count). The monoisotopic (exact) mass is 243 g/mol. The van der Waals surface area contributed by atoms with Gasteiger partial charge >= 0.3 is 0 Å². The number of hydrogen-bond acceptors (Lipinski definition) is 4. The molecule has 18 heavy (non-hydrogen) atoms. The number of aromatic amines is 1. The number of phenols is 1. The Labute approximate surface area is 103 Å². The predicted molar refractivity (Wildman–Crippen MR) is 68.1 cm³/mol. The molecule has 0 aliphatic rings. The van der Waals surface area contributed by atoms with E-state index in [0.29, 0.717) is 11.7 Å². The number of nitrogens with two attached hydrogens (primary N) is 1. The fourth-order valence-corrected chi connectivity index (χ4v) is 1.94. The highest BCUT2D eigenvalue weighted by Gasteiger charge is 2.13. The van der Waals surface area contributed by atoms with Crippen LogP contribution in [0.25, 0.3) is 22.2 Å². The van der Waals surface area contributed by atoms with Gasteiger partial charge in [0.2, 0.25) is 5.89 Å². The lowest BCUT2D eigenvalue weighted by Gasteiger charge is -1.97. The van der Waals surface area contributed by atoms with Gasteiger partial charge in [0.15, 0.2) is 5.76 Å². The molecule has 3 aromatic rings. The van der Waals surface area contributed by atoms with Crippen molar-refractivity contribution in [1.29, 1.82) is 0 Å². The first kappa shape index (κ1) is 10.9. The van der Waals surface area contributed by atoms with Crippen LogP contribution < -0.4 is 5.73 Å². The molecule has 0 spiro atoms. The molecule has 1 atom stereocenters. The third kappa shape index (κ3) is 1.65. The zero-order valence-electron chi connectivity index (χ0n) is 9.84. The summed E-state index contributed by atoms with van der Waals surface area (Å²) >= 11 is 0. The van der Waals surface area contributed by atoms with Crippen LogP contribution in [0.3, 0.4) is 0 Å². The lowest BCUT2D eigenvalue weighted by atomic mass is 10.1. The van der Waals surface area contributed by atoms with Crippen molar-refractivity contribution in [2.45, 2.75) is 13.0 Å². The number of nitrogens with zero attached hydrogens (tertiary/aromatic N) is 1. The maximum atomic E-state index is 9.41.